The Hall–Kier alpha value is -3.93. The number of H-pyrrole nitrogens is 1. The number of nitrogens with zero attached hydrogens (tertiary/aromatic N) is 2. The van der Waals surface area contributed by atoms with Gasteiger partial charge in [0.05, 0.1) is 24.6 Å². The number of methoxy groups -OCH3 is 1. The first-order valence-corrected chi connectivity index (χ1v) is 12.0. The number of nitrogens with one attached hydrogen (secondary N) is 1. The molecule has 35 heavy (non-hydrogen) atoms. The number of hydrogen-bond acceptors (Lipinski definition) is 4. The number of fused-ring (bicyclic) bond motifs is 1. The van der Waals surface area contributed by atoms with Gasteiger partial charge >= 0.3 is 0 Å². The smallest absolute Gasteiger partial charge is 0.258 e. The van der Waals surface area contributed by atoms with E-state index in [-0.39, 0.29) is 11.5 Å². The Kier molecular flexibility index (Phi) is 7.60. The summed E-state index contributed by atoms with van der Waals surface area (Å²) >= 11 is 0. The molecule has 0 atom stereocenters. The summed E-state index contributed by atoms with van der Waals surface area (Å²) in [5.74, 6) is 1.82. The van der Waals surface area contributed by atoms with E-state index in [4.69, 9.17) is 4.74 Å². The summed E-state index contributed by atoms with van der Waals surface area (Å²) in [6.07, 6.45) is 1.44. The van der Waals surface area contributed by atoms with Gasteiger partial charge in [0.25, 0.3) is 5.56 Å². The van der Waals surface area contributed by atoms with Crippen LogP contribution in [0.1, 0.15) is 49.6 Å². The lowest BCUT2D eigenvalue weighted by molar-refractivity contribution is -0.118. The molecule has 0 unspecified atom stereocenters. The van der Waals surface area contributed by atoms with E-state index in [1.165, 1.54) is 5.56 Å². The Balaban J connectivity index is 1.48. The van der Waals surface area contributed by atoms with Gasteiger partial charge in [-0.1, -0.05) is 50.2 Å². The summed E-state index contributed by atoms with van der Waals surface area (Å²) in [5, 5.41) is 0.571. The van der Waals surface area contributed by atoms with E-state index in [2.05, 4.69) is 48.1 Å². The van der Waals surface area contributed by atoms with Crippen molar-refractivity contribution in [1.29, 1.82) is 0 Å². The van der Waals surface area contributed by atoms with Crippen molar-refractivity contribution in [3.63, 3.8) is 0 Å². The zero-order valence-corrected chi connectivity index (χ0v) is 20.5. The summed E-state index contributed by atoms with van der Waals surface area (Å²) in [6, 6.07) is 23.2. The fourth-order valence-electron chi connectivity index (χ4n) is 4.07. The molecule has 0 fully saturated rings. The predicted molar refractivity (Wildman–Crippen MR) is 140 cm³/mol. The molecule has 1 amide bonds. The molecule has 0 aliphatic carbocycles. The minimum atomic E-state index is -0.151. The second-order valence-electron chi connectivity index (χ2n) is 8.96. The van der Waals surface area contributed by atoms with Crippen LogP contribution in [-0.4, -0.2) is 23.0 Å². The topological polar surface area (TPSA) is 75.3 Å². The van der Waals surface area contributed by atoms with Crippen LogP contribution in [0.25, 0.3) is 10.9 Å². The first kappa shape index (κ1) is 24.2. The predicted octanol–water partition coefficient (Wildman–Crippen LogP) is 5.61. The van der Waals surface area contributed by atoms with Crippen LogP contribution < -0.4 is 15.2 Å². The van der Waals surface area contributed by atoms with Crippen molar-refractivity contribution in [3.05, 3.63) is 100 Å². The Morgan fingerprint density at radius 2 is 1.71 bits per heavy atom. The molecule has 3 aromatic carbocycles. The molecular formula is C29H31N3O3. The van der Waals surface area contributed by atoms with Gasteiger partial charge in [0.1, 0.15) is 11.6 Å². The number of aromatic amines is 1. The van der Waals surface area contributed by atoms with Gasteiger partial charge in [-0.2, -0.15) is 0 Å². The average molecular weight is 470 g/mol. The monoisotopic (exact) mass is 469 g/mol. The SMILES string of the molecule is COc1ccc(N(Cc2ccc(C(C)C)cc2)C(=O)CCCc2nc3ccccc3c(=O)[nH]2)cc1. The number of ether oxygens (including phenoxy) is 1. The Morgan fingerprint density at radius 1 is 1.00 bits per heavy atom. The molecular weight excluding hydrogens is 438 g/mol. The highest BCUT2D eigenvalue weighted by Gasteiger charge is 2.17. The maximum absolute atomic E-state index is 13.3. The van der Waals surface area contributed by atoms with E-state index in [9.17, 15) is 9.59 Å². The van der Waals surface area contributed by atoms with Crippen LogP contribution >= 0.6 is 0 Å². The zero-order valence-electron chi connectivity index (χ0n) is 20.5. The molecule has 4 rings (SSSR count). The number of anilines is 1. The van der Waals surface area contributed by atoms with Crippen molar-refractivity contribution in [1.82, 2.24) is 9.97 Å². The molecule has 0 bridgehead atoms. The number of aryl methyl sites for hydroxylation is 1. The summed E-state index contributed by atoms with van der Waals surface area (Å²) in [5.41, 5.74) is 3.68. The summed E-state index contributed by atoms with van der Waals surface area (Å²) < 4.78 is 5.28. The number of benzene rings is 3. The number of rotatable bonds is 9. The lowest BCUT2D eigenvalue weighted by atomic mass is 10.0. The molecule has 0 saturated carbocycles. The van der Waals surface area contributed by atoms with Crippen molar-refractivity contribution in [2.75, 3.05) is 12.0 Å². The standard InChI is InChI=1S/C29H31N3O3/c1-20(2)22-13-11-21(12-14-22)19-32(23-15-17-24(35-3)18-16-23)28(33)10-6-9-27-30-26-8-5-4-7-25(26)29(34)31-27/h4-5,7-8,11-18,20H,6,9-10,19H2,1-3H3,(H,30,31,34). The van der Waals surface area contributed by atoms with Gasteiger partial charge in [-0.05, 0) is 59.9 Å². The van der Waals surface area contributed by atoms with Gasteiger partial charge < -0.3 is 14.6 Å². The lowest BCUT2D eigenvalue weighted by Crippen LogP contribution is -2.30. The Morgan fingerprint density at radius 3 is 2.40 bits per heavy atom. The van der Waals surface area contributed by atoms with Gasteiger partial charge in [0.2, 0.25) is 5.91 Å². The highest BCUT2D eigenvalue weighted by molar-refractivity contribution is 5.93. The number of hydrogen-bond donors (Lipinski definition) is 1. The molecule has 4 aromatic rings. The normalized spacial score (nSPS) is 11.1. The maximum atomic E-state index is 13.3. The van der Waals surface area contributed by atoms with E-state index in [1.54, 1.807) is 18.1 Å². The van der Waals surface area contributed by atoms with Gasteiger partial charge in [0, 0.05) is 18.5 Å². The van der Waals surface area contributed by atoms with E-state index in [1.807, 2.05) is 42.5 Å². The lowest BCUT2D eigenvalue weighted by Gasteiger charge is -2.24. The Bertz CT molecular complexity index is 1340. The van der Waals surface area contributed by atoms with Crippen molar-refractivity contribution in [2.45, 2.75) is 45.6 Å². The third-order valence-corrected chi connectivity index (χ3v) is 6.14. The first-order chi connectivity index (χ1) is 16.9. The number of para-hydroxylation sites is 1. The van der Waals surface area contributed by atoms with Gasteiger partial charge in [-0.15, -0.1) is 0 Å². The first-order valence-electron chi connectivity index (χ1n) is 12.0. The fraction of sp³-hybridized carbons (Fsp3) is 0.276. The molecule has 1 heterocycles. The average Bonchev–Trinajstić information content (AvgIpc) is 2.87. The molecule has 1 aromatic heterocycles. The van der Waals surface area contributed by atoms with Crippen LogP contribution in [-0.2, 0) is 17.8 Å². The fourth-order valence-corrected chi connectivity index (χ4v) is 4.07. The Labute approximate surface area is 205 Å². The molecule has 0 aliphatic heterocycles. The van der Waals surface area contributed by atoms with Crippen LogP contribution in [0, 0.1) is 0 Å². The molecule has 0 radical (unpaired) electrons. The summed E-state index contributed by atoms with van der Waals surface area (Å²) in [6.45, 7) is 4.81. The highest BCUT2D eigenvalue weighted by Crippen LogP contribution is 2.23. The molecule has 0 aliphatic rings. The largest absolute Gasteiger partial charge is 0.497 e. The molecule has 180 valence electrons. The van der Waals surface area contributed by atoms with Crippen molar-refractivity contribution < 1.29 is 9.53 Å². The second-order valence-corrected chi connectivity index (χ2v) is 8.96. The van der Waals surface area contributed by atoms with E-state index in [0.717, 1.165) is 17.0 Å². The number of amides is 1. The third kappa shape index (κ3) is 5.96. The minimum Gasteiger partial charge on any atom is -0.497 e. The van der Waals surface area contributed by atoms with Gasteiger partial charge in [-0.25, -0.2) is 4.98 Å². The second kappa shape index (κ2) is 11.0. The molecule has 1 N–H and O–H groups in total. The maximum Gasteiger partial charge on any atom is 0.258 e. The minimum absolute atomic E-state index is 0.0197. The van der Waals surface area contributed by atoms with Crippen LogP contribution in [0.4, 0.5) is 5.69 Å². The highest BCUT2D eigenvalue weighted by atomic mass is 16.5. The van der Waals surface area contributed by atoms with Crippen molar-refractivity contribution >= 4 is 22.5 Å². The molecule has 0 spiro atoms. The third-order valence-electron chi connectivity index (χ3n) is 6.14. The summed E-state index contributed by atoms with van der Waals surface area (Å²) in [7, 11) is 1.62. The number of carbonyl (C=O) groups is 1. The molecule has 0 saturated heterocycles. The number of aromatic nitrogens is 2. The molecule has 6 nitrogen and oxygen atoms in total. The molecule has 6 heteroatoms. The van der Waals surface area contributed by atoms with E-state index >= 15 is 0 Å². The van der Waals surface area contributed by atoms with Crippen LogP contribution in [0.5, 0.6) is 5.75 Å². The van der Waals surface area contributed by atoms with Crippen LogP contribution in [0.2, 0.25) is 0 Å². The van der Waals surface area contributed by atoms with Crippen LogP contribution in [0.15, 0.2) is 77.6 Å². The van der Waals surface area contributed by atoms with Crippen molar-refractivity contribution in [3.8, 4) is 5.75 Å². The van der Waals surface area contributed by atoms with Gasteiger partial charge in [-0.3, -0.25) is 9.59 Å². The number of carbonyl (C=O) groups excluding carboxylic acids is 1. The van der Waals surface area contributed by atoms with Crippen LogP contribution in [0.3, 0.4) is 0 Å². The van der Waals surface area contributed by atoms with Gasteiger partial charge in [0.15, 0.2) is 0 Å². The van der Waals surface area contributed by atoms with E-state index < -0.39 is 0 Å². The zero-order chi connectivity index (χ0) is 24.8. The summed E-state index contributed by atoms with van der Waals surface area (Å²) in [4.78, 5) is 34.9. The van der Waals surface area contributed by atoms with Crippen molar-refractivity contribution in [2.24, 2.45) is 0 Å². The van der Waals surface area contributed by atoms with E-state index in [0.29, 0.717) is 48.5 Å². The quantitative estimate of drug-likeness (QED) is 0.346.